The molecule has 70 valence electrons. The van der Waals surface area contributed by atoms with Crippen molar-refractivity contribution >= 4 is 0 Å². The van der Waals surface area contributed by atoms with E-state index in [4.69, 9.17) is 4.74 Å². The van der Waals surface area contributed by atoms with Crippen molar-refractivity contribution in [3.05, 3.63) is 12.2 Å². The largest absolute Gasteiger partial charge is 0.378 e. The molecule has 0 aliphatic heterocycles. The van der Waals surface area contributed by atoms with Crippen LogP contribution in [0.25, 0.3) is 0 Å². The van der Waals surface area contributed by atoms with Crippen molar-refractivity contribution in [2.45, 2.75) is 45.6 Å². The predicted molar refractivity (Wildman–Crippen MR) is 52.2 cm³/mol. The second kappa shape index (κ2) is 4.66. The van der Waals surface area contributed by atoms with Gasteiger partial charge in [-0.05, 0) is 45.4 Å². The predicted octanol–water partition coefficient (Wildman–Crippen LogP) is 3.16. The molecule has 0 amide bonds. The molecule has 12 heavy (non-hydrogen) atoms. The van der Waals surface area contributed by atoms with Gasteiger partial charge in [0.05, 0.1) is 12.7 Å². The molecule has 1 rings (SSSR count). The summed E-state index contributed by atoms with van der Waals surface area (Å²) in [5.74, 6) is 0.744. The molecular weight excluding hydrogens is 148 g/mol. The van der Waals surface area contributed by atoms with Crippen LogP contribution in [0.1, 0.15) is 39.5 Å². The third-order valence-corrected chi connectivity index (χ3v) is 2.39. The van der Waals surface area contributed by atoms with Crippen LogP contribution >= 0.6 is 0 Å². The van der Waals surface area contributed by atoms with Crippen molar-refractivity contribution in [1.82, 2.24) is 0 Å². The lowest BCUT2D eigenvalue weighted by Crippen LogP contribution is -2.17. The van der Waals surface area contributed by atoms with Crippen molar-refractivity contribution in [2.24, 2.45) is 5.92 Å². The van der Waals surface area contributed by atoms with E-state index in [1.54, 1.807) is 0 Å². The maximum atomic E-state index is 5.59. The van der Waals surface area contributed by atoms with Gasteiger partial charge in [0.15, 0.2) is 0 Å². The molecule has 1 nitrogen and oxygen atoms in total. The van der Waals surface area contributed by atoms with E-state index in [0.717, 1.165) is 12.5 Å². The molecule has 1 heteroatoms. The van der Waals surface area contributed by atoms with E-state index in [1.165, 1.54) is 31.3 Å². The smallest absolute Gasteiger partial charge is 0.0519 e. The van der Waals surface area contributed by atoms with Crippen LogP contribution < -0.4 is 0 Å². The Balaban J connectivity index is 2.18. The third-order valence-electron chi connectivity index (χ3n) is 2.39. The van der Waals surface area contributed by atoms with Crippen molar-refractivity contribution in [3.63, 3.8) is 0 Å². The molecule has 0 aromatic heterocycles. The summed E-state index contributed by atoms with van der Waals surface area (Å²) in [7, 11) is 0. The Labute approximate surface area is 75.8 Å². The SMILES string of the molecule is C=C1CCCC(COC(C)C)C1. The molecule has 0 heterocycles. The van der Waals surface area contributed by atoms with Crippen LogP contribution in [-0.4, -0.2) is 12.7 Å². The fourth-order valence-electron chi connectivity index (χ4n) is 1.72. The van der Waals surface area contributed by atoms with Gasteiger partial charge in [0, 0.05) is 0 Å². The molecule has 0 spiro atoms. The maximum absolute atomic E-state index is 5.59. The molecule has 0 radical (unpaired) electrons. The summed E-state index contributed by atoms with van der Waals surface area (Å²) in [4.78, 5) is 0. The lowest BCUT2D eigenvalue weighted by Gasteiger charge is -2.24. The lowest BCUT2D eigenvalue weighted by atomic mass is 9.87. The van der Waals surface area contributed by atoms with Crippen molar-refractivity contribution in [3.8, 4) is 0 Å². The minimum Gasteiger partial charge on any atom is -0.378 e. The van der Waals surface area contributed by atoms with E-state index in [1.807, 2.05) is 0 Å². The Hall–Kier alpha value is -0.300. The fraction of sp³-hybridized carbons (Fsp3) is 0.818. The summed E-state index contributed by atoms with van der Waals surface area (Å²) >= 11 is 0. The number of ether oxygens (including phenoxy) is 1. The average Bonchev–Trinajstić information content (AvgIpc) is 2.01. The van der Waals surface area contributed by atoms with Gasteiger partial charge in [-0.2, -0.15) is 0 Å². The van der Waals surface area contributed by atoms with Crippen LogP contribution in [0.5, 0.6) is 0 Å². The van der Waals surface area contributed by atoms with Crippen LogP contribution in [0.15, 0.2) is 12.2 Å². The normalized spacial score (nSPS) is 24.9. The van der Waals surface area contributed by atoms with Gasteiger partial charge in [-0.25, -0.2) is 0 Å². The molecule has 1 fully saturated rings. The molecule has 1 aliphatic rings. The molecule has 1 saturated carbocycles. The molecule has 0 N–H and O–H groups in total. The van der Waals surface area contributed by atoms with Crippen molar-refractivity contribution in [2.75, 3.05) is 6.61 Å². The van der Waals surface area contributed by atoms with Crippen LogP contribution in [0.4, 0.5) is 0 Å². The van der Waals surface area contributed by atoms with Gasteiger partial charge in [-0.3, -0.25) is 0 Å². The monoisotopic (exact) mass is 168 g/mol. The second-order valence-corrected chi connectivity index (χ2v) is 4.09. The summed E-state index contributed by atoms with van der Waals surface area (Å²) < 4.78 is 5.59. The molecule has 1 aliphatic carbocycles. The minimum absolute atomic E-state index is 0.375. The van der Waals surface area contributed by atoms with Crippen LogP contribution in [0.3, 0.4) is 0 Å². The zero-order valence-electron chi connectivity index (χ0n) is 8.31. The summed E-state index contributed by atoms with van der Waals surface area (Å²) in [5.41, 5.74) is 1.42. The Morgan fingerprint density at radius 3 is 2.92 bits per heavy atom. The van der Waals surface area contributed by atoms with Gasteiger partial charge in [0.25, 0.3) is 0 Å². The Kier molecular flexibility index (Phi) is 3.80. The molecule has 1 unspecified atom stereocenters. The van der Waals surface area contributed by atoms with E-state index >= 15 is 0 Å². The highest BCUT2D eigenvalue weighted by Gasteiger charge is 2.15. The Morgan fingerprint density at radius 2 is 2.33 bits per heavy atom. The third kappa shape index (κ3) is 3.40. The van der Waals surface area contributed by atoms with Crippen LogP contribution in [-0.2, 0) is 4.74 Å². The number of hydrogen-bond donors (Lipinski definition) is 0. The van der Waals surface area contributed by atoms with Gasteiger partial charge < -0.3 is 4.74 Å². The first-order valence-electron chi connectivity index (χ1n) is 4.96. The maximum Gasteiger partial charge on any atom is 0.0519 e. The number of rotatable bonds is 3. The standard InChI is InChI=1S/C11H20O/c1-9(2)12-8-11-6-4-5-10(3)7-11/h9,11H,3-8H2,1-2H3. The highest BCUT2D eigenvalue weighted by molar-refractivity contribution is 4.99. The summed E-state index contributed by atoms with van der Waals surface area (Å²) in [6, 6.07) is 0. The van der Waals surface area contributed by atoms with Gasteiger partial charge in [0.1, 0.15) is 0 Å². The summed E-state index contributed by atoms with van der Waals surface area (Å²) in [5, 5.41) is 0. The van der Waals surface area contributed by atoms with Crippen LogP contribution in [0.2, 0.25) is 0 Å². The first-order chi connectivity index (χ1) is 5.68. The lowest BCUT2D eigenvalue weighted by molar-refractivity contribution is 0.0459. The van der Waals surface area contributed by atoms with E-state index in [2.05, 4.69) is 20.4 Å². The number of hydrogen-bond acceptors (Lipinski definition) is 1. The first kappa shape index (κ1) is 9.79. The molecule has 1 atom stereocenters. The van der Waals surface area contributed by atoms with E-state index in [0.29, 0.717) is 6.10 Å². The Bertz CT molecular complexity index is 149. The van der Waals surface area contributed by atoms with Gasteiger partial charge >= 0.3 is 0 Å². The van der Waals surface area contributed by atoms with Gasteiger partial charge in [-0.1, -0.05) is 12.2 Å². The topological polar surface area (TPSA) is 9.23 Å². The highest BCUT2D eigenvalue weighted by Crippen LogP contribution is 2.27. The minimum atomic E-state index is 0.375. The molecule has 0 aromatic rings. The molecule has 0 aromatic carbocycles. The summed E-state index contributed by atoms with van der Waals surface area (Å²) in [6.07, 6.45) is 5.43. The molecular formula is C11H20O. The van der Waals surface area contributed by atoms with E-state index < -0.39 is 0 Å². The quantitative estimate of drug-likeness (QED) is 0.588. The molecule has 0 saturated heterocycles. The van der Waals surface area contributed by atoms with E-state index in [9.17, 15) is 0 Å². The second-order valence-electron chi connectivity index (χ2n) is 4.09. The summed E-state index contributed by atoms with van der Waals surface area (Å²) in [6.45, 7) is 9.15. The number of allylic oxidation sites excluding steroid dienone is 1. The fourth-order valence-corrected chi connectivity index (χ4v) is 1.72. The van der Waals surface area contributed by atoms with Crippen LogP contribution in [0, 0.1) is 5.92 Å². The average molecular weight is 168 g/mol. The van der Waals surface area contributed by atoms with E-state index in [-0.39, 0.29) is 0 Å². The first-order valence-corrected chi connectivity index (χ1v) is 4.96. The zero-order valence-corrected chi connectivity index (χ0v) is 8.31. The molecule has 0 bridgehead atoms. The Morgan fingerprint density at radius 1 is 1.58 bits per heavy atom. The zero-order chi connectivity index (χ0) is 8.97. The van der Waals surface area contributed by atoms with Crippen molar-refractivity contribution < 1.29 is 4.74 Å². The van der Waals surface area contributed by atoms with Crippen molar-refractivity contribution in [1.29, 1.82) is 0 Å². The highest BCUT2D eigenvalue weighted by atomic mass is 16.5. The van der Waals surface area contributed by atoms with Gasteiger partial charge in [-0.15, -0.1) is 0 Å². The van der Waals surface area contributed by atoms with Gasteiger partial charge in [0.2, 0.25) is 0 Å².